The third-order valence-corrected chi connectivity index (χ3v) is 13.3. The molecule has 1 amide bonds. The molecule has 1 heterocycles. The van der Waals surface area contributed by atoms with Gasteiger partial charge < -0.3 is 40.7 Å². The summed E-state index contributed by atoms with van der Waals surface area (Å²) in [6, 6.07) is -0.989. The second kappa shape index (κ2) is 40.4. The summed E-state index contributed by atoms with van der Waals surface area (Å²) in [5, 5.41) is 66.2. The fraction of sp³-hybridized carbons (Fsp3) is 0.942. The number of unbranched alkanes of at least 4 members (excludes halogenated alkanes) is 33. The predicted molar refractivity (Wildman–Crippen MR) is 254 cm³/mol. The Bertz CT molecular complexity index is 996. The van der Waals surface area contributed by atoms with Crippen molar-refractivity contribution in [3.8, 4) is 0 Å². The summed E-state index contributed by atoms with van der Waals surface area (Å²) in [4.78, 5) is 13.2. The van der Waals surface area contributed by atoms with E-state index in [1.54, 1.807) is 0 Å². The van der Waals surface area contributed by atoms with E-state index in [1.165, 1.54) is 186 Å². The quantitative estimate of drug-likeness (QED) is 0.0235. The van der Waals surface area contributed by atoms with Crippen LogP contribution < -0.4 is 5.32 Å². The van der Waals surface area contributed by atoms with Gasteiger partial charge >= 0.3 is 0 Å². The van der Waals surface area contributed by atoms with Crippen molar-refractivity contribution in [3.05, 3.63) is 12.2 Å². The van der Waals surface area contributed by atoms with Gasteiger partial charge in [-0.15, -0.1) is 0 Å². The molecular weight excluding hydrogens is 767 g/mol. The fourth-order valence-corrected chi connectivity index (χ4v) is 9.07. The monoisotopic (exact) mass is 868 g/mol. The van der Waals surface area contributed by atoms with Crippen LogP contribution in [0, 0.1) is 0 Å². The number of aliphatic hydroxyl groups excluding tert-OH is 6. The highest BCUT2D eigenvalue weighted by Gasteiger charge is 2.44. The summed E-state index contributed by atoms with van der Waals surface area (Å²) < 4.78 is 5.70. The molecule has 0 aromatic rings. The van der Waals surface area contributed by atoms with Crippen molar-refractivity contribution >= 4 is 5.91 Å². The van der Waals surface area contributed by atoms with Gasteiger partial charge in [0, 0.05) is 6.42 Å². The molecule has 1 fully saturated rings. The highest BCUT2D eigenvalue weighted by atomic mass is 16.5. The SMILES string of the molecule is C=C(C[C@H]1O[C@H](CO)[C@H](O)[C@H](O)[C@H]1O)[C@H](NC(=O)CCCCCCCCCCCCCCCCCCCCCCCCC)[C@H](O)[C@H](O)CCCCCCCCCCCCCC. The molecule has 0 spiro atoms. The molecule has 0 saturated carbocycles. The molecule has 1 saturated heterocycles. The summed E-state index contributed by atoms with van der Waals surface area (Å²) in [7, 11) is 0. The van der Waals surface area contributed by atoms with E-state index in [2.05, 4.69) is 25.7 Å². The molecule has 0 unspecified atom stereocenters. The van der Waals surface area contributed by atoms with Crippen molar-refractivity contribution in [2.75, 3.05) is 6.61 Å². The second-order valence-electron chi connectivity index (χ2n) is 19.0. The van der Waals surface area contributed by atoms with Crippen LogP contribution in [-0.4, -0.2) is 91.9 Å². The lowest BCUT2D eigenvalue weighted by Gasteiger charge is -2.41. The molecule has 0 aliphatic carbocycles. The van der Waals surface area contributed by atoms with E-state index >= 15 is 0 Å². The molecule has 1 aliphatic heterocycles. The Labute approximate surface area is 375 Å². The minimum absolute atomic E-state index is 0.0474. The van der Waals surface area contributed by atoms with Gasteiger partial charge in [0.25, 0.3) is 0 Å². The lowest BCUT2D eigenvalue weighted by Crippen LogP contribution is -2.59. The summed E-state index contributed by atoms with van der Waals surface area (Å²) in [6.07, 6.45) is 36.2. The van der Waals surface area contributed by atoms with Crippen LogP contribution in [0.3, 0.4) is 0 Å². The Morgan fingerprint density at radius 1 is 0.508 bits per heavy atom. The van der Waals surface area contributed by atoms with E-state index in [0.29, 0.717) is 18.4 Å². The molecule has 7 N–H and O–H groups in total. The minimum Gasteiger partial charge on any atom is -0.394 e. The maximum Gasteiger partial charge on any atom is 0.220 e. The highest BCUT2D eigenvalue weighted by molar-refractivity contribution is 5.76. The number of ether oxygens (including phenoxy) is 1. The second-order valence-corrected chi connectivity index (χ2v) is 19.0. The normalized spacial score (nSPS) is 20.8. The number of amides is 1. The van der Waals surface area contributed by atoms with Crippen molar-refractivity contribution in [3.63, 3.8) is 0 Å². The third-order valence-electron chi connectivity index (χ3n) is 13.3. The number of hydrogen-bond acceptors (Lipinski definition) is 8. The molecule has 0 aromatic heterocycles. The zero-order chi connectivity index (χ0) is 44.8. The topological polar surface area (TPSA) is 160 Å². The van der Waals surface area contributed by atoms with Crippen molar-refractivity contribution in [2.24, 2.45) is 0 Å². The van der Waals surface area contributed by atoms with Gasteiger partial charge in [-0.1, -0.05) is 239 Å². The molecule has 1 aliphatic rings. The number of rotatable bonds is 44. The molecule has 0 bridgehead atoms. The summed E-state index contributed by atoms with van der Waals surface area (Å²) in [6.45, 7) is 8.09. The zero-order valence-electron chi connectivity index (χ0n) is 39.9. The molecule has 9 nitrogen and oxygen atoms in total. The van der Waals surface area contributed by atoms with E-state index in [9.17, 15) is 35.4 Å². The zero-order valence-corrected chi connectivity index (χ0v) is 39.9. The standard InChI is InChI=1S/C52H101NO8/c1-4-6-8-10-12-14-16-18-19-20-21-22-23-24-25-26-27-28-30-32-34-36-38-40-47(56)53-48(43(3)41-45-50(58)52(60)51(59)46(42-54)61-45)49(57)44(55)39-37-35-33-31-29-17-15-13-11-9-7-5-2/h44-46,48-52,54-55,57-60H,3-42H2,1-2H3,(H,53,56)/t44-,45-,46-,48+,49-,50+,51+,52-/m1/s1. The van der Waals surface area contributed by atoms with Gasteiger partial charge in [-0.2, -0.15) is 0 Å². The molecular formula is C52H101NO8. The number of hydrogen-bond donors (Lipinski definition) is 7. The highest BCUT2D eigenvalue weighted by Crippen LogP contribution is 2.28. The Morgan fingerprint density at radius 2 is 0.836 bits per heavy atom. The van der Waals surface area contributed by atoms with E-state index in [1.807, 2.05) is 0 Å². The minimum atomic E-state index is -1.53. The lowest BCUT2D eigenvalue weighted by atomic mass is 9.87. The van der Waals surface area contributed by atoms with Gasteiger partial charge in [0.15, 0.2) is 0 Å². The molecule has 9 heteroatoms. The molecule has 0 aromatic carbocycles. The molecule has 8 atom stereocenters. The van der Waals surface area contributed by atoms with Gasteiger partial charge in [0.2, 0.25) is 5.91 Å². The Morgan fingerprint density at radius 3 is 1.20 bits per heavy atom. The molecule has 0 radical (unpaired) electrons. The number of carbonyl (C=O) groups is 1. The van der Waals surface area contributed by atoms with E-state index in [4.69, 9.17) is 4.74 Å². The Balaban J connectivity index is 2.33. The predicted octanol–water partition coefficient (Wildman–Crippen LogP) is 11.5. The largest absolute Gasteiger partial charge is 0.394 e. The molecule has 1 rings (SSSR count). The van der Waals surface area contributed by atoms with Crippen molar-refractivity contribution in [1.82, 2.24) is 5.32 Å². The number of aliphatic hydroxyl groups is 6. The van der Waals surface area contributed by atoms with Gasteiger partial charge in [-0.05, 0) is 24.8 Å². The van der Waals surface area contributed by atoms with Crippen molar-refractivity contribution < 1.29 is 40.2 Å². The van der Waals surface area contributed by atoms with Gasteiger partial charge in [0.1, 0.15) is 30.5 Å². The van der Waals surface area contributed by atoms with Crippen LogP contribution in [0.5, 0.6) is 0 Å². The summed E-state index contributed by atoms with van der Waals surface area (Å²) in [5.74, 6) is -0.236. The van der Waals surface area contributed by atoms with Crippen LogP contribution in [0.2, 0.25) is 0 Å². The first-order valence-electron chi connectivity index (χ1n) is 26.3. The molecule has 61 heavy (non-hydrogen) atoms. The van der Waals surface area contributed by atoms with Crippen molar-refractivity contribution in [1.29, 1.82) is 0 Å². The summed E-state index contributed by atoms with van der Waals surface area (Å²) in [5.41, 5.74) is 0.336. The molecule has 362 valence electrons. The maximum absolute atomic E-state index is 13.2. The van der Waals surface area contributed by atoms with Crippen molar-refractivity contribution in [2.45, 2.75) is 307 Å². The van der Waals surface area contributed by atoms with Crippen LogP contribution in [0.25, 0.3) is 0 Å². The Hall–Kier alpha value is -1.07. The Kier molecular flexibility index (Phi) is 38.4. The fourth-order valence-electron chi connectivity index (χ4n) is 9.07. The van der Waals surface area contributed by atoms with Crippen LogP contribution in [0.15, 0.2) is 12.2 Å². The first-order valence-corrected chi connectivity index (χ1v) is 26.3. The van der Waals surface area contributed by atoms with Crippen LogP contribution in [0.1, 0.15) is 258 Å². The van der Waals surface area contributed by atoms with Gasteiger partial charge in [0.05, 0.1) is 24.9 Å². The average Bonchev–Trinajstić information content (AvgIpc) is 3.25. The average molecular weight is 868 g/mol. The third kappa shape index (κ3) is 29.9. The summed E-state index contributed by atoms with van der Waals surface area (Å²) >= 11 is 0. The van der Waals surface area contributed by atoms with Gasteiger partial charge in [-0.3, -0.25) is 4.79 Å². The number of carbonyl (C=O) groups excluding carboxylic acids is 1. The maximum atomic E-state index is 13.2. The van der Waals surface area contributed by atoms with Crippen LogP contribution in [0.4, 0.5) is 0 Å². The first-order chi connectivity index (χ1) is 29.7. The van der Waals surface area contributed by atoms with E-state index < -0.39 is 55.4 Å². The van der Waals surface area contributed by atoms with E-state index in [0.717, 1.165) is 38.5 Å². The first kappa shape index (κ1) is 57.9. The number of nitrogens with one attached hydrogen (secondary N) is 1. The smallest absolute Gasteiger partial charge is 0.220 e. The van der Waals surface area contributed by atoms with E-state index in [-0.39, 0.29) is 12.3 Å². The van der Waals surface area contributed by atoms with Crippen LogP contribution in [-0.2, 0) is 9.53 Å². The lowest BCUT2D eigenvalue weighted by molar-refractivity contribution is -0.228. The van der Waals surface area contributed by atoms with Crippen LogP contribution >= 0.6 is 0 Å². The van der Waals surface area contributed by atoms with Gasteiger partial charge in [-0.25, -0.2) is 0 Å².